The second kappa shape index (κ2) is 5.18. The maximum atomic E-state index is 11.8. The molecule has 6 nitrogen and oxygen atoms in total. The fourth-order valence-electron chi connectivity index (χ4n) is 1.46. The summed E-state index contributed by atoms with van der Waals surface area (Å²) >= 11 is 0. The van der Waals surface area contributed by atoms with Gasteiger partial charge in [0.15, 0.2) is 5.78 Å². The number of hydrogen-bond donors (Lipinski definition) is 2. The number of carbonyl (C=O) groups excluding carboxylic acids is 2. The monoisotopic (exact) mass is 242 g/mol. The summed E-state index contributed by atoms with van der Waals surface area (Å²) in [7, 11) is 0. The Kier molecular flexibility index (Phi) is 4.11. The molecule has 0 aromatic heterocycles. The predicted molar refractivity (Wildman–Crippen MR) is 60.4 cm³/mol. The summed E-state index contributed by atoms with van der Waals surface area (Å²) in [6, 6.07) is 0. The van der Waals surface area contributed by atoms with Gasteiger partial charge in [-0.15, -0.1) is 0 Å². The van der Waals surface area contributed by atoms with Crippen molar-refractivity contribution in [3.63, 3.8) is 0 Å². The summed E-state index contributed by atoms with van der Waals surface area (Å²) in [6.45, 7) is 5.85. The lowest BCUT2D eigenvalue weighted by Gasteiger charge is -2.30. The lowest BCUT2D eigenvalue weighted by molar-refractivity contribution is -0.117. The van der Waals surface area contributed by atoms with Crippen LogP contribution in [-0.4, -0.2) is 40.7 Å². The fraction of sp³-hybridized carbons (Fsp3) is 0.636. The van der Waals surface area contributed by atoms with Crippen molar-refractivity contribution in [2.45, 2.75) is 32.8 Å². The van der Waals surface area contributed by atoms with E-state index < -0.39 is 11.7 Å². The molecular formula is C11H18N2O4. The topological polar surface area (TPSA) is 78.9 Å². The van der Waals surface area contributed by atoms with E-state index in [9.17, 15) is 9.59 Å². The zero-order chi connectivity index (χ0) is 13.1. The van der Waals surface area contributed by atoms with Crippen LogP contribution in [0.5, 0.6) is 0 Å². The molecule has 96 valence electrons. The van der Waals surface area contributed by atoms with Gasteiger partial charge in [0.05, 0.1) is 6.54 Å². The lowest BCUT2D eigenvalue weighted by atomic mass is 10.0. The van der Waals surface area contributed by atoms with Gasteiger partial charge in [0.1, 0.15) is 5.60 Å². The summed E-state index contributed by atoms with van der Waals surface area (Å²) in [4.78, 5) is 24.6. The number of hydrogen-bond acceptors (Lipinski definition) is 5. The number of likely N-dealkylation sites (tertiary alicyclic amines) is 1. The molecule has 0 saturated carbocycles. The average molecular weight is 242 g/mol. The Bertz CT molecular complexity index is 344. The van der Waals surface area contributed by atoms with Crippen LogP contribution in [0.4, 0.5) is 4.79 Å². The van der Waals surface area contributed by atoms with Crippen LogP contribution in [0.15, 0.2) is 11.8 Å². The van der Waals surface area contributed by atoms with Crippen molar-refractivity contribution in [3.8, 4) is 0 Å². The average Bonchev–Trinajstić information content (AvgIpc) is 2.19. The van der Waals surface area contributed by atoms with Crippen molar-refractivity contribution in [1.82, 2.24) is 10.4 Å². The fourth-order valence-corrected chi connectivity index (χ4v) is 1.46. The molecule has 1 aliphatic rings. The number of nitrogens with one attached hydrogen (secondary N) is 1. The minimum absolute atomic E-state index is 0.0774. The standard InChI is InChI=1S/C11H18N2O4/c1-11(2,3)17-10(15)13-5-4-9(14)8(7-13)6-12-16/h6,12,16H,4-5,7H2,1-3H3/b8-6+. The number of ether oxygens (including phenoxy) is 1. The van der Waals surface area contributed by atoms with Crippen LogP contribution in [-0.2, 0) is 9.53 Å². The Morgan fingerprint density at radius 1 is 1.53 bits per heavy atom. The van der Waals surface area contributed by atoms with Gasteiger partial charge in [0.25, 0.3) is 0 Å². The molecule has 0 bridgehead atoms. The van der Waals surface area contributed by atoms with E-state index in [0.29, 0.717) is 12.1 Å². The van der Waals surface area contributed by atoms with Crippen LogP contribution in [0.1, 0.15) is 27.2 Å². The van der Waals surface area contributed by atoms with E-state index >= 15 is 0 Å². The summed E-state index contributed by atoms with van der Waals surface area (Å²) in [6.07, 6.45) is 0.986. The third-order valence-corrected chi connectivity index (χ3v) is 2.22. The minimum atomic E-state index is -0.558. The highest BCUT2D eigenvalue weighted by molar-refractivity contribution is 5.97. The summed E-state index contributed by atoms with van der Waals surface area (Å²) in [5, 5.41) is 8.53. The normalized spacial score (nSPS) is 19.4. The van der Waals surface area contributed by atoms with Crippen LogP contribution in [0, 0.1) is 0 Å². The molecule has 0 radical (unpaired) electrons. The summed E-state index contributed by atoms with van der Waals surface area (Å²) in [5.74, 6) is -0.0774. The Balaban J connectivity index is 2.65. The number of nitrogens with zero attached hydrogens (tertiary/aromatic N) is 1. The highest BCUT2D eigenvalue weighted by Gasteiger charge is 2.28. The number of rotatable bonds is 1. The molecule has 0 spiro atoms. The molecule has 2 N–H and O–H groups in total. The van der Waals surface area contributed by atoms with E-state index in [1.807, 2.05) is 5.48 Å². The van der Waals surface area contributed by atoms with Crippen molar-refractivity contribution in [2.24, 2.45) is 0 Å². The molecule has 0 atom stereocenters. The highest BCUT2D eigenvalue weighted by atomic mass is 16.6. The number of Topliss-reactive ketones (excluding diaryl/α,β-unsaturated/α-hetero) is 1. The third-order valence-electron chi connectivity index (χ3n) is 2.22. The van der Waals surface area contributed by atoms with Crippen LogP contribution in [0.25, 0.3) is 0 Å². The van der Waals surface area contributed by atoms with Gasteiger partial charge in [-0.25, -0.2) is 4.79 Å². The van der Waals surface area contributed by atoms with Gasteiger partial charge < -0.3 is 9.64 Å². The molecule has 0 aromatic carbocycles. The lowest BCUT2D eigenvalue weighted by Crippen LogP contribution is -2.43. The number of hydroxylamine groups is 1. The summed E-state index contributed by atoms with van der Waals surface area (Å²) in [5.41, 5.74) is 1.62. The van der Waals surface area contributed by atoms with Crippen molar-refractivity contribution in [2.75, 3.05) is 13.1 Å². The first-order valence-electron chi connectivity index (χ1n) is 5.43. The minimum Gasteiger partial charge on any atom is -0.444 e. The zero-order valence-corrected chi connectivity index (χ0v) is 10.3. The Hall–Kier alpha value is -1.56. The van der Waals surface area contributed by atoms with Crippen molar-refractivity contribution >= 4 is 11.9 Å². The second-order valence-electron chi connectivity index (χ2n) is 4.87. The van der Waals surface area contributed by atoms with Gasteiger partial charge >= 0.3 is 6.09 Å². The SMILES string of the molecule is CC(C)(C)OC(=O)N1CCC(=O)/C(=C/NO)C1. The Morgan fingerprint density at radius 2 is 2.18 bits per heavy atom. The van der Waals surface area contributed by atoms with Crippen LogP contribution < -0.4 is 5.48 Å². The molecule has 1 aliphatic heterocycles. The van der Waals surface area contributed by atoms with Gasteiger partial charge in [-0.3, -0.25) is 15.5 Å². The van der Waals surface area contributed by atoms with Gasteiger partial charge in [-0.2, -0.15) is 0 Å². The Labute approximate surface area is 100 Å². The van der Waals surface area contributed by atoms with E-state index in [4.69, 9.17) is 9.94 Å². The first-order valence-corrected chi connectivity index (χ1v) is 5.43. The molecule has 0 unspecified atom stereocenters. The number of amides is 1. The first-order chi connectivity index (χ1) is 7.83. The molecule has 1 heterocycles. The molecule has 1 fully saturated rings. The number of piperidine rings is 1. The van der Waals surface area contributed by atoms with Crippen LogP contribution >= 0.6 is 0 Å². The quantitative estimate of drug-likeness (QED) is 0.531. The Morgan fingerprint density at radius 3 is 2.71 bits per heavy atom. The predicted octanol–water partition coefficient (Wildman–Crippen LogP) is 1.06. The van der Waals surface area contributed by atoms with Crippen molar-refractivity contribution < 1.29 is 19.5 Å². The van der Waals surface area contributed by atoms with Gasteiger partial charge in [-0.1, -0.05) is 0 Å². The van der Waals surface area contributed by atoms with E-state index in [1.165, 1.54) is 11.1 Å². The van der Waals surface area contributed by atoms with Gasteiger partial charge in [0.2, 0.25) is 0 Å². The molecule has 0 aliphatic carbocycles. The molecule has 1 saturated heterocycles. The molecule has 6 heteroatoms. The number of ketones is 1. The van der Waals surface area contributed by atoms with Crippen molar-refractivity contribution in [3.05, 3.63) is 11.8 Å². The van der Waals surface area contributed by atoms with E-state index in [1.54, 1.807) is 20.8 Å². The maximum Gasteiger partial charge on any atom is 0.410 e. The highest BCUT2D eigenvalue weighted by Crippen LogP contribution is 2.16. The van der Waals surface area contributed by atoms with E-state index in [0.717, 1.165) is 0 Å². The largest absolute Gasteiger partial charge is 0.444 e. The number of carbonyl (C=O) groups is 2. The molecular weight excluding hydrogens is 224 g/mol. The first kappa shape index (κ1) is 13.5. The molecule has 0 aromatic rings. The molecule has 1 rings (SSSR count). The molecule has 17 heavy (non-hydrogen) atoms. The summed E-state index contributed by atoms with van der Waals surface area (Å²) < 4.78 is 5.20. The van der Waals surface area contributed by atoms with E-state index in [-0.39, 0.29) is 18.7 Å². The van der Waals surface area contributed by atoms with Gasteiger partial charge in [0, 0.05) is 24.7 Å². The maximum absolute atomic E-state index is 11.8. The smallest absolute Gasteiger partial charge is 0.410 e. The van der Waals surface area contributed by atoms with E-state index in [2.05, 4.69) is 0 Å². The molecule has 1 amide bonds. The zero-order valence-electron chi connectivity index (χ0n) is 10.3. The second-order valence-corrected chi connectivity index (χ2v) is 4.87. The third kappa shape index (κ3) is 4.07. The van der Waals surface area contributed by atoms with Crippen LogP contribution in [0.2, 0.25) is 0 Å². The van der Waals surface area contributed by atoms with Crippen LogP contribution in [0.3, 0.4) is 0 Å². The van der Waals surface area contributed by atoms with Gasteiger partial charge in [-0.05, 0) is 20.8 Å². The van der Waals surface area contributed by atoms with Crippen molar-refractivity contribution in [1.29, 1.82) is 0 Å².